The number of primary amides is 1. The van der Waals surface area contributed by atoms with Crippen LogP contribution in [0, 0.1) is 11.3 Å². The van der Waals surface area contributed by atoms with Gasteiger partial charge in [0.25, 0.3) is 0 Å². The van der Waals surface area contributed by atoms with Gasteiger partial charge in [0.15, 0.2) is 0 Å². The van der Waals surface area contributed by atoms with E-state index < -0.39 is 74.0 Å². The molecule has 0 fully saturated rings. The van der Waals surface area contributed by atoms with Crippen LogP contribution in [0.1, 0.15) is 27.0 Å². The summed E-state index contributed by atoms with van der Waals surface area (Å²) in [5.41, 5.74) is -8.63. The number of nitrogens with zero attached hydrogens (tertiary/aromatic N) is 1. The average molecular weight is 537 g/mol. The van der Waals surface area contributed by atoms with Crippen molar-refractivity contribution in [3.63, 3.8) is 0 Å². The summed E-state index contributed by atoms with van der Waals surface area (Å²) in [6, 6.07) is 3.48. The van der Waals surface area contributed by atoms with Crippen LogP contribution < -0.4 is 5.73 Å². The molecular formula is C18H7BrF10N2O. The molecule has 0 aliphatic carbocycles. The molecule has 0 saturated carbocycles. The zero-order chi connectivity index (χ0) is 24.9. The van der Waals surface area contributed by atoms with E-state index in [0.717, 1.165) is 18.2 Å². The summed E-state index contributed by atoms with van der Waals surface area (Å²) in [4.78, 5) is 11.5. The fourth-order valence-electron chi connectivity index (χ4n) is 2.88. The smallest absolute Gasteiger partial charge is 0.366 e. The predicted octanol–water partition coefficient (Wildman–Crippen LogP) is 6.39. The molecular weight excluding hydrogens is 530 g/mol. The highest BCUT2D eigenvalue weighted by molar-refractivity contribution is 9.10. The number of amides is 1. The van der Waals surface area contributed by atoms with Gasteiger partial charge in [-0.25, -0.2) is 4.39 Å². The van der Waals surface area contributed by atoms with Crippen molar-refractivity contribution >= 4 is 21.8 Å². The zero-order valence-corrected chi connectivity index (χ0v) is 16.6. The van der Waals surface area contributed by atoms with Gasteiger partial charge in [0, 0.05) is 21.2 Å². The molecule has 2 aromatic rings. The van der Waals surface area contributed by atoms with E-state index in [1.165, 1.54) is 6.07 Å². The maximum atomic E-state index is 14.4. The van der Waals surface area contributed by atoms with Crippen molar-refractivity contribution in [2.24, 2.45) is 5.73 Å². The Morgan fingerprint density at radius 3 is 1.88 bits per heavy atom. The molecule has 32 heavy (non-hydrogen) atoms. The van der Waals surface area contributed by atoms with Crippen LogP contribution in [0.2, 0.25) is 0 Å². The third-order valence-electron chi connectivity index (χ3n) is 4.29. The summed E-state index contributed by atoms with van der Waals surface area (Å²) in [6.07, 6.45) is -18.9. The fraction of sp³-hybridized carbons (Fsp3) is 0.222. The molecule has 0 atom stereocenters. The molecule has 2 rings (SSSR count). The number of benzene rings is 2. The number of alkyl halides is 10. The first-order chi connectivity index (χ1) is 14.4. The van der Waals surface area contributed by atoms with Gasteiger partial charge >= 0.3 is 24.2 Å². The maximum absolute atomic E-state index is 14.4. The molecule has 0 heterocycles. The van der Waals surface area contributed by atoms with Gasteiger partial charge in [-0.05, 0) is 18.2 Å². The van der Waals surface area contributed by atoms with Crippen molar-refractivity contribution in [3.8, 4) is 17.2 Å². The third-order valence-corrected chi connectivity index (χ3v) is 4.91. The topological polar surface area (TPSA) is 66.9 Å². The van der Waals surface area contributed by atoms with E-state index in [0.29, 0.717) is 0 Å². The van der Waals surface area contributed by atoms with E-state index in [-0.39, 0.29) is 6.07 Å². The normalized spacial score (nSPS) is 13.1. The summed E-state index contributed by atoms with van der Waals surface area (Å²) in [5, 5.41) is 9.28. The summed E-state index contributed by atoms with van der Waals surface area (Å²) in [7, 11) is 0. The average Bonchev–Trinajstić information content (AvgIpc) is 2.63. The Labute approximate surface area is 180 Å². The highest BCUT2D eigenvalue weighted by Gasteiger charge is 2.73. The lowest BCUT2D eigenvalue weighted by molar-refractivity contribution is -0.348. The Hall–Kier alpha value is -2.82. The minimum Gasteiger partial charge on any atom is -0.366 e. The lowest BCUT2D eigenvalue weighted by atomic mass is 9.87. The van der Waals surface area contributed by atoms with Crippen molar-refractivity contribution in [2.45, 2.75) is 24.2 Å². The quantitative estimate of drug-likeness (QED) is 0.461. The van der Waals surface area contributed by atoms with Gasteiger partial charge in [-0.15, -0.1) is 0 Å². The van der Waals surface area contributed by atoms with Crippen molar-refractivity contribution in [1.29, 1.82) is 5.26 Å². The van der Waals surface area contributed by atoms with E-state index in [1.807, 2.05) is 0 Å². The van der Waals surface area contributed by atoms with Gasteiger partial charge in [0.1, 0.15) is 6.07 Å². The van der Waals surface area contributed by atoms with Gasteiger partial charge in [0.2, 0.25) is 5.91 Å². The van der Waals surface area contributed by atoms with Crippen LogP contribution in [0.15, 0.2) is 34.8 Å². The summed E-state index contributed by atoms with van der Waals surface area (Å²) < 4.78 is 133. The van der Waals surface area contributed by atoms with Crippen LogP contribution in [0.3, 0.4) is 0 Å². The van der Waals surface area contributed by atoms with E-state index >= 15 is 0 Å². The number of carbonyl (C=O) groups excluding carboxylic acids is 1. The molecule has 0 aromatic heterocycles. The number of hydrogen-bond donors (Lipinski definition) is 1. The molecule has 2 N–H and O–H groups in total. The van der Waals surface area contributed by atoms with E-state index in [4.69, 9.17) is 5.73 Å². The second-order valence-electron chi connectivity index (χ2n) is 6.24. The first-order valence-corrected chi connectivity index (χ1v) is 8.74. The molecule has 1 amide bonds. The molecule has 0 unspecified atom stereocenters. The Kier molecular flexibility index (Phi) is 6.32. The maximum Gasteiger partial charge on any atom is 0.435 e. The van der Waals surface area contributed by atoms with Crippen molar-refractivity contribution in [2.75, 3.05) is 0 Å². The summed E-state index contributed by atoms with van der Waals surface area (Å²) in [6.45, 7) is 0. The number of nitriles is 1. The summed E-state index contributed by atoms with van der Waals surface area (Å²) >= 11 is 2.45. The monoisotopic (exact) mass is 536 g/mol. The SMILES string of the molecule is N#Cc1c(C(N)=O)cccc1-c1c(Br)cc(C(F)(C(F)(F)F)C(F)(F)F)cc1C(F)(F)F. The lowest BCUT2D eigenvalue weighted by Gasteiger charge is -2.31. The molecule has 14 heteroatoms. The summed E-state index contributed by atoms with van der Waals surface area (Å²) in [5.74, 6) is -1.23. The Morgan fingerprint density at radius 1 is 0.938 bits per heavy atom. The van der Waals surface area contributed by atoms with Crippen molar-refractivity contribution in [1.82, 2.24) is 0 Å². The van der Waals surface area contributed by atoms with E-state index in [9.17, 15) is 54.0 Å². The largest absolute Gasteiger partial charge is 0.435 e. The Morgan fingerprint density at radius 2 is 1.47 bits per heavy atom. The van der Waals surface area contributed by atoms with Crippen molar-refractivity contribution in [3.05, 3.63) is 57.1 Å². The molecule has 3 nitrogen and oxygen atoms in total. The molecule has 0 saturated heterocycles. The number of nitrogens with two attached hydrogens (primary N) is 1. The highest BCUT2D eigenvalue weighted by Crippen LogP contribution is 2.55. The van der Waals surface area contributed by atoms with E-state index in [1.54, 1.807) is 0 Å². The second kappa shape index (κ2) is 7.95. The Bertz CT molecular complexity index is 1100. The fourth-order valence-corrected chi connectivity index (χ4v) is 3.55. The molecule has 2 aromatic carbocycles. The van der Waals surface area contributed by atoms with Crippen LogP contribution in [0.5, 0.6) is 0 Å². The van der Waals surface area contributed by atoms with Crippen LogP contribution in [0.4, 0.5) is 43.9 Å². The van der Waals surface area contributed by atoms with E-state index in [2.05, 4.69) is 15.9 Å². The molecule has 0 spiro atoms. The predicted molar refractivity (Wildman–Crippen MR) is 92.7 cm³/mol. The highest BCUT2D eigenvalue weighted by atomic mass is 79.9. The zero-order valence-electron chi connectivity index (χ0n) is 15.0. The number of hydrogen-bond acceptors (Lipinski definition) is 2. The number of carbonyl (C=O) groups is 1. The molecule has 172 valence electrons. The van der Waals surface area contributed by atoms with Gasteiger partial charge in [0.05, 0.1) is 16.7 Å². The molecule has 0 radical (unpaired) electrons. The van der Waals surface area contributed by atoms with Gasteiger partial charge < -0.3 is 5.73 Å². The van der Waals surface area contributed by atoms with Crippen LogP contribution in [-0.4, -0.2) is 18.3 Å². The second-order valence-corrected chi connectivity index (χ2v) is 7.09. The first kappa shape index (κ1) is 25.4. The van der Waals surface area contributed by atoms with Gasteiger partial charge in [-0.3, -0.25) is 4.79 Å². The minimum absolute atomic E-state index is 0.121. The van der Waals surface area contributed by atoms with Crippen molar-refractivity contribution < 1.29 is 48.7 Å². The number of rotatable bonds is 3. The lowest BCUT2D eigenvalue weighted by Crippen LogP contribution is -2.50. The standard InChI is InChI=1S/C18H7BrF10N2O/c19-12-5-7(15(20,17(24,25)26)18(27,28)29)4-11(16(21,22)23)13(12)8-2-1-3-9(14(31)32)10(8)6-30/h1-5H,(H2,31,32). The number of halogens is 11. The van der Waals surface area contributed by atoms with Crippen LogP contribution >= 0.6 is 15.9 Å². The molecule has 0 aliphatic heterocycles. The minimum atomic E-state index is -6.65. The molecule has 0 bridgehead atoms. The first-order valence-electron chi connectivity index (χ1n) is 7.94. The molecule has 0 aliphatic rings. The van der Waals surface area contributed by atoms with Crippen LogP contribution in [0.25, 0.3) is 11.1 Å². The van der Waals surface area contributed by atoms with Crippen LogP contribution in [-0.2, 0) is 11.8 Å². The Balaban J connectivity index is 3.04. The third kappa shape index (κ3) is 4.13. The van der Waals surface area contributed by atoms with Gasteiger partial charge in [-0.1, -0.05) is 28.1 Å². The van der Waals surface area contributed by atoms with Gasteiger partial charge in [-0.2, -0.15) is 44.8 Å².